The van der Waals surface area contributed by atoms with Crippen LogP contribution in [0.2, 0.25) is 0 Å². The Morgan fingerprint density at radius 2 is 1.53 bits per heavy atom. The molecule has 0 saturated heterocycles. The minimum atomic E-state index is 0.0247. The molecule has 19 heavy (non-hydrogen) atoms. The van der Waals surface area contributed by atoms with Gasteiger partial charge in [0, 0.05) is 19.4 Å². The molecule has 0 aromatic carbocycles. The molecule has 2 heteroatoms. The maximum absolute atomic E-state index is 6.09. The van der Waals surface area contributed by atoms with Gasteiger partial charge in [-0.1, -0.05) is 38.5 Å². The molecule has 1 atom stereocenters. The Kier molecular flexibility index (Phi) is 6.77. The summed E-state index contributed by atoms with van der Waals surface area (Å²) in [6.07, 6.45) is 15.7. The minimum absolute atomic E-state index is 0.0247. The molecule has 0 amide bonds. The Hall–Kier alpha value is -0.500. The number of rotatable bonds is 2. The maximum atomic E-state index is 6.09. The van der Waals surface area contributed by atoms with Crippen LogP contribution in [0.5, 0.6) is 0 Å². The first-order valence-electron chi connectivity index (χ1n) is 8.39. The van der Waals surface area contributed by atoms with Gasteiger partial charge in [0.05, 0.1) is 5.76 Å². The van der Waals surface area contributed by atoms with Gasteiger partial charge in [-0.2, -0.15) is 0 Å². The molecule has 0 fully saturated rings. The van der Waals surface area contributed by atoms with Crippen molar-refractivity contribution in [2.45, 2.75) is 90.3 Å². The summed E-state index contributed by atoms with van der Waals surface area (Å²) in [5.41, 5.74) is 1.59. The van der Waals surface area contributed by atoms with E-state index < -0.39 is 0 Å². The van der Waals surface area contributed by atoms with Crippen LogP contribution in [-0.4, -0.2) is 12.9 Å². The molecular formula is C17H30O2. The van der Waals surface area contributed by atoms with E-state index in [0.29, 0.717) is 0 Å². The van der Waals surface area contributed by atoms with Crippen molar-refractivity contribution in [1.82, 2.24) is 0 Å². The Morgan fingerprint density at radius 1 is 0.895 bits per heavy atom. The van der Waals surface area contributed by atoms with Crippen molar-refractivity contribution in [3.63, 3.8) is 0 Å². The highest BCUT2D eigenvalue weighted by Gasteiger charge is 2.21. The third-order valence-electron chi connectivity index (χ3n) is 4.33. The lowest BCUT2D eigenvalue weighted by Gasteiger charge is -2.29. The lowest BCUT2D eigenvalue weighted by molar-refractivity contribution is -0.126. The number of allylic oxidation sites excluding steroid dienone is 2. The SMILES string of the molecule is CCOC1CCC2=C(CCCCCCCCCC2)O1. The highest BCUT2D eigenvalue weighted by Crippen LogP contribution is 2.31. The monoisotopic (exact) mass is 266 g/mol. The Morgan fingerprint density at radius 3 is 2.21 bits per heavy atom. The van der Waals surface area contributed by atoms with E-state index in [4.69, 9.17) is 9.47 Å². The van der Waals surface area contributed by atoms with Crippen LogP contribution >= 0.6 is 0 Å². The van der Waals surface area contributed by atoms with E-state index in [1.54, 1.807) is 5.57 Å². The maximum Gasteiger partial charge on any atom is 0.199 e. The molecule has 1 heterocycles. The highest BCUT2D eigenvalue weighted by molar-refractivity contribution is 5.11. The number of hydrogen-bond acceptors (Lipinski definition) is 2. The van der Waals surface area contributed by atoms with Crippen molar-refractivity contribution in [3.05, 3.63) is 11.3 Å². The van der Waals surface area contributed by atoms with E-state index in [9.17, 15) is 0 Å². The molecule has 110 valence electrons. The first kappa shape index (κ1) is 14.9. The van der Waals surface area contributed by atoms with Crippen LogP contribution in [-0.2, 0) is 9.47 Å². The van der Waals surface area contributed by atoms with Crippen LogP contribution < -0.4 is 0 Å². The third-order valence-corrected chi connectivity index (χ3v) is 4.33. The third kappa shape index (κ3) is 5.18. The van der Waals surface area contributed by atoms with Gasteiger partial charge in [0.1, 0.15) is 0 Å². The first-order valence-corrected chi connectivity index (χ1v) is 8.39. The van der Waals surface area contributed by atoms with Gasteiger partial charge in [-0.05, 0) is 38.2 Å². The first-order chi connectivity index (χ1) is 9.40. The Balaban J connectivity index is 1.93. The van der Waals surface area contributed by atoms with Gasteiger partial charge in [-0.25, -0.2) is 0 Å². The zero-order chi connectivity index (χ0) is 13.3. The van der Waals surface area contributed by atoms with Crippen molar-refractivity contribution < 1.29 is 9.47 Å². The highest BCUT2D eigenvalue weighted by atomic mass is 16.7. The van der Waals surface area contributed by atoms with E-state index >= 15 is 0 Å². The summed E-state index contributed by atoms with van der Waals surface area (Å²) >= 11 is 0. The van der Waals surface area contributed by atoms with Gasteiger partial charge in [-0.3, -0.25) is 0 Å². The van der Waals surface area contributed by atoms with Crippen LogP contribution in [0.25, 0.3) is 0 Å². The Bertz CT molecular complexity index is 283. The molecular weight excluding hydrogens is 236 g/mol. The standard InChI is InChI=1S/C17H30O2/c1-2-18-17-14-13-15-11-9-7-5-3-4-6-8-10-12-16(15)19-17/h17H,2-14H2,1H3. The van der Waals surface area contributed by atoms with Gasteiger partial charge < -0.3 is 9.47 Å². The fourth-order valence-electron chi connectivity index (χ4n) is 3.22. The molecule has 1 aliphatic heterocycles. The second-order valence-electron chi connectivity index (χ2n) is 5.90. The minimum Gasteiger partial charge on any atom is -0.469 e. The topological polar surface area (TPSA) is 18.5 Å². The van der Waals surface area contributed by atoms with Crippen LogP contribution in [0.3, 0.4) is 0 Å². The normalized spacial score (nSPS) is 26.9. The van der Waals surface area contributed by atoms with Crippen LogP contribution in [0.4, 0.5) is 0 Å². The van der Waals surface area contributed by atoms with Crippen molar-refractivity contribution >= 4 is 0 Å². The quantitative estimate of drug-likeness (QED) is 0.672. The summed E-state index contributed by atoms with van der Waals surface area (Å²) in [5, 5.41) is 0. The molecule has 2 aliphatic rings. The molecule has 0 spiro atoms. The van der Waals surface area contributed by atoms with Crippen LogP contribution in [0.15, 0.2) is 11.3 Å². The van der Waals surface area contributed by atoms with Gasteiger partial charge in [0.2, 0.25) is 0 Å². The molecule has 1 aliphatic carbocycles. The molecule has 0 aromatic heterocycles. The molecule has 2 rings (SSSR count). The molecule has 2 nitrogen and oxygen atoms in total. The summed E-state index contributed by atoms with van der Waals surface area (Å²) in [6.45, 7) is 2.81. The van der Waals surface area contributed by atoms with E-state index in [1.807, 2.05) is 6.92 Å². The average molecular weight is 266 g/mol. The number of ether oxygens (including phenoxy) is 2. The van der Waals surface area contributed by atoms with Crippen molar-refractivity contribution in [1.29, 1.82) is 0 Å². The van der Waals surface area contributed by atoms with E-state index in [-0.39, 0.29) is 6.29 Å². The van der Waals surface area contributed by atoms with Gasteiger partial charge >= 0.3 is 0 Å². The zero-order valence-electron chi connectivity index (χ0n) is 12.6. The summed E-state index contributed by atoms with van der Waals surface area (Å²) in [4.78, 5) is 0. The number of hydrogen-bond donors (Lipinski definition) is 0. The van der Waals surface area contributed by atoms with Crippen LogP contribution in [0.1, 0.15) is 84.0 Å². The predicted octanol–water partition coefficient (Wildman–Crippen LogP) is 5.33. The summed E-state index contributed by atoms with van der Waals surface area (Å²) in [5.74, 6) is 1.28. The van der Waals surface area contributed by atoms with Gasteiger partial charge in [0.25, 0.3) is 0 Å². The molecule has 0 aromatic rings. The Labute approximate surface area is 118 Å². The second kappa shape index (κ2) is 8.63. The average Bonchev–Trinajstić information content (AvgIpc) is 2.41. The van der Waals surface area contributed by atoms with Crippen molar-refractivity contribution in [3.8, 4) is 0 Å². The summed E-state index contributed by atoms with van der Waals surface area (Å²) < 4.78 is 11.7. The zero-order valence-corrected chi connectivity index (χ0v) is 12.6. The summed E-state index contributed by atoms with van der Waals surface area (Å²) in [7, 11) is 0. The van der Waals surface area contributed by atoms with Crippen molar-refractivity contribution in [2.75, 3.05) is 6.61 Å². The molecule has 0 saturated carbocycles. The molecule has 0 N–H and O–H groups in total. The van der Waals surface area contributed by atoms with Crippen LogP contribution in [0, 0.1) is 0 Å². The fourth-order valence-corrected chi connectivity index (χ4v) is 3.22. The van der Waals surface area contributed by atoms with E-state index in [1.165, 1.54) is 70.0 Å². The molecule has 1 unspecified atom stereocenters. The van der Waals surface area contributed by atoms with Crippen molar-refractivity contribution in [2.24, 2.45) is 0 Å². The van der Waals surface area contributed by atoms with E-state index in [0.717, 1.165) is 19.4 Å². The molecule has 0 bridgehead atoms. The smallest absolute Gasteiger partial charge is 0.199 e. The lowest BCUT2D eigenvalue weighted by Crippen LogP contribution is -2.22. The predicted molar refractivity (Wildman–Crippen MR) is 78.9 cm³/mol. The molecule has 0 radical (unpaired) electrons. The summed E-state index contributed by atoms with van der Waals surface area (Å²) in [6, 6.07) is 0. The van der Waals surface area contributed by atoms with Gasteiger partial charge in [-0.15, -0.1) is 0 Å². The van der Waals surface area contributed by atoms with Gasteiger partial charge in [0.15, 0.2) is 6.29 Å². The largest absolute Gasteiger partial charge is 0.469 e. The lowest BCUT2D eigenvalue weighted by atomic mass is 9.95. The second-order valence-corrected chi connectivity index (χ2v) is 5.90. The van der Waals surface area contributed by atoms with E-state index in [2.05, 4.69) is 0 Å². The fraction of sp³-hybridized carbons (Fsp3) is 0.882.